The van der Waals surface area contributed by atoms with E-state index in [-0.39, 0.29) is 11.8 Å². The highest BCUT2D eigenvalue weighted by molar-refractivity contribution is 5.78. The molecule has 1 amide bonds. The number of hydrogen-bond acceptors (Lipinski definition) is 5. The maximum absolute atomic E-state index is 12.4. The van der Waals surface area contributed by atoms with Crippen LogP contribution in [0.3, 0.4) is 0 Å². The van der Waals surface area contributed by atoms with Gasteiger partial charge in [0.1, 0.15) is 17.2 Å². The van der Waals surface area contributed by atoms with E-state index in [1.54, 1.807) is 20.3 Å². The van der Waals surface area contributed by atoms with Crippen LogP contribution in [-0.4, -0.2) is 58.3 Å². The molecule has 2 rings (SSSR count). The molecular weight excluding hydrogens is 308 g/mol. The molecule has 0 radical (unpaired) electrons. The van der Waals surface area contributed by atoms with Crippen LogP contribution < -0.4 is 19.5 Å². The van der Waals surface area contributed by atoms with E-state index < -0.39 is 0 Å². The van der Waals surface area contributed by atoms with Gasteiger partial charge in [0.15, 0.2) is 0 Å². The summed E-state index contributed by atoms with van der Waals surface area (Å²) in [6, 6.07) is 5.46. The second-order valence-corrected chi connectivity index (χ2v) is 6.03. The predicted molar refractivity (Wildman–Crippen MR) is 92.9 cm³/mol. The van der Waals surface area contributed by atoms with E-state index in [4.69, 9.17) is 14.2 Å². The molecule has 0 aromatic heterocycles. The fourth-order valence-electron chi connectivity index (χ4n) is 2.85. The van der Waals surface area contributed by atoms with Gasteiger partial charge in [0.25, 0.3) is 0 Å². The Balaban J connectivity index is 1.74. The standard InChI is InChI=1S/C18H28N2O4/c1-20(18(21)14-5-7-19-8-6-14)9-4-10-24-17-12-15(22-2)11-16(13-17)23-3/h11-14,19H,4-10H2,1-3H3. The Morgan fingerprint density at radius 3 is 2.29 bits per heavy atom. The number of carbonyl (C=O) groups excluding carboxylic acids is 1. The quantitative estimate of drug-likeness (QED) is 0.735. The summed E-state index contributed by atoms with van der Waals surface area (Å²) in [6.45, 7) is 3.11. The molecule has 1 aliphatic rings. The zero-order chi connectivity index (χ0) is 17.4. The Hall–Kier alpha value is -1.95. The lowest BCUT2D eigenvalue weighted by atomic mass is 9.97. The molecule has 0 unspecified atom stereocenters. The van der Waals surface area contributed by atoms with Gasteiger partial charge in [-0.05, 0) is 32.4 Å². The van der Waals surface area contributed by atoms with E-state index >= 15 is 0 Å². The zero-order valence-electron chi connectivity index (χ0n) is 14.8. The second-order valence-electron chi connectivity index (χ2n) is 6.03. The molecule has 1 N–H and O–H groups in total. The Morgan fingerprint density at radius 1 is 1.12 bits per heavy atom. The highest BCUT2D eigenvalue weighted by Gasteiger charge is 2.23. The monoisotopic (exact) mass is 336 g/mol. The van der Waals surface area contributed by atoms with Crippen LogP contribution in [-0.2, 0) is 4.79 Å². The number of nitrogens with one attached hydrogen (secondary N) is 1. The largest absolute Gasteiger partial charge is 0.496 e. The van der Waals surface area contributed by atoms with Crippen LogP contribution in [0.2, 0.25) is 0 Å². The minimum atomic E-state index is 0.166. The molecule has 1 fully saturated rings. The fraction of sp³-hybridized carbons (Fsp3) is 0.611. The number of carbonyl (C=O) groups is 1. The number of nitrogens with zero attached hydrogens (tertiary/aromatic N) is 1. The van der Waals surface area contributed by atoms with Crippen molar-refractivity contribution in [2.75, 3.05) is 47.5 Å². The van der Waals surface area contributed by atoms with Crippen LogP contribution in [0.25, 0.3) is 0 Å². The van der Waals surface area contributed by atoms with Crippen molar-refractivity contribution >= 4 is 5.91 Å². The van der Waals surface area contributed by atoms with Gasteiger partial charge in [-0.2, -0.15) is 0 Å². The number of ether oxygens (including phenoxy) is 3. The molecule has 6 nitrogen and oxygen atoms in total. The minimum Gasteiger partial charge on any atom is -0.496 e. The molecule has 0 spiro atoms. The minimum absolute atomic E-state index is 0.166. The summed E-state index contributed by atoms with van der Waals surface area (Å²) in [5, 5.41) is 3.29. The lowest BCUT2D eigenvalue weighted by molar-refractivity contribution is -0.135. The van der Waals surface area contributed by atoms with Crippen molar-refractivity contribution in [1.82, 2.24) is 10.2 Å². The van der Waals surface area contributed by atoms with Gasteiger partial charge < -0.3 is 24.4 Å². The second kappa shape index (κ2) is 9.37. The van der Waals surface area contributed by atoms with Crippen molar-refractivity contribution in [3.63, 3.8) is 0 Å². The average molecular weight is 336 g/mol. The van der Waals surface area contributed by atoms with Crippen LogP contribution in [0.1, 0.15) is 19.3 Å². The smallest absolute Gasteiger partial charge is 0.225 e. The van der Waals surface area contributed by atoms with E-state index in [9.17, 15) is 4.79 Å². The summed E-state index contributed by atoms with van der Waals surface area (Å²) < 4.78 is 16.2. The van der Waals surface area contributed by atoms with Gasteiger partial charge in [-0.3, -0.25) is 4.79 Å². The highest BCUT2D eigenvalue weighted by Crippen LogP contribution is 2.27. The van der Waals surface area contributed by atoms with Gasteiger partial charge in [0, 0.05) is 37.7 Å². The molecule has 0 aliphatic carbocycles. The first-order valence-electron chi connectivity index (χ1n) is 8.45. The third-order valence-corrected chi connectivity index (χ3v) is 4.30. The number of piperidine rings is 1. The third kappa shape index (κ3) is 5.30. The van der Waals surface area contributed by atoms with E-state index in [0.717, 1.165) is 32.4 Å². The SMILES string of the molecule is COc1cc(OC)cc(OCCCN(C)C(=O)C2CCNCC2)c1. The van der Waals surface area contributed by atoms with Crippen molar-refractivity contribution in [2.45, 2.75) is 19.3 Å². The molecule has 1 saturated heterocycles. The summed E-state index contributed by atoms with van der Waals surface area (Å²) in [5.41, 5.74) is 0. The molecule has 0 atom stereocenters. The van der Waals surface area contributed by atoms with Gasteiger partial charge in [-0.15, -0.1) is 0 Å². The fourth-order valence-corrected chi connectivity index (χ4v) is 2.85. The molecule has 1 heterocycles. The Bertz CT molecular complexity index is 508. The molecular formula is C18H28N2O4. The van der Waals surface area contributed by atoms with Crippen molar-refractivity contribution in [3.05, 3.63) is 18.2 Å². The maximum atomic E-state index is 12.4. The molecule has 0 bridgehead atoms. The number of amides is 1. The van der Waals surface area contributed by atoms with Gasteiger partial charge >= 0.3 is 0 Å². The van der Waals surface area contributed by atoms with Crippen molar-refractivity contribution < 1.29 is 19.0 Å². The first kappa shape index (κ1) is 18.4. The molecule has 24 heavy (non-hydrogen) atoms. The zero-order valence-corrected chi connectivity index (χ0v) is 14.8. The van der Waals surface area contributed by atoms with Crippen LogP contribution in [0.5, 0.6) is 17.2 Å². The van der Waals surface area contributed by atoms with Crippen LogP contribution in [0.15, 0.2) is 18.2 Å². The lowest BCUT2D eigenvalue weighted by Gasteiger charge is -2.27. The molecule has 1 aromatic rings. The average Bonchev–Trinajstić information content (AvgIpc) is 2.64. The maximum Gasteiger partial charge on any atom is 0.225 e. The summed E-state index contributed by atoms with van der Waals surface area (Å²) in [7, 11) is 5.10. The highest BCUT2D eigenvalue weighted by atomic mass is 16.5. The van der Waals surface area contributed by atoms with Gasteiger partial charge in [0.05, 0.1) is 20.8 Å². The van der Waals surface area contributed by atoms with E-state index in [0.29, 0.717) is 30.4 Å². The van der Waals surface area contributed by atoms with Crippen LogP contribution in [0.4, 0.5) is 0 Å². The first-order valence-corrected chi connectivity index (χ1v) is 8.45. The van der Waals surface area contributed by atoms with Gasteiger partial charge in [0.2, 0.25) is 5.91 Å². The molecule has 134 valence electrons. The molecule has 0 saturated carbocycles. The predicted octanol–water partition coefficient (Wildman–Crippen LogP) is 1.93. The summed E-state index contributed by atoms with van der Waals surface area (Å²) in [4.78, 5) is 14.2. The number of rotatable bonds is 8. The summed E-state index contributed by atoms with van der Waals surface area (Å²) in [5.74, 6) is 2.52. The number of methoxy groups -OCH3 is 2. The number of benzene rings is 1. The Morgan fingerprint density at radius 2 is 1.71 bits per heavy atom. The number of hydrogen-bond donors (Lipinski definition) is 1. The van der Waals surface area contributed by atoms with Crippen molar-refractivity contribution in [3.8, 4) is 17.2 Å². The molecule has 1 aromatic carbocycles. The van der Waals surface area contributed by atoms with Crippen LogP contribution in [0, 0.1) is 5.92 Å². The third-order valence-electron chi connectivity index (χ3n) is 4.30. The summed E-state index contributed by atoms with van der Waals surface area (Å²) in [6.07, 6.45) is 2.65. The Kier molecular flexibility index (Phi) is 7.18. The normalized spacial score (nSPS) is 15.0. The molecule has 6 heteroatoms. The first-order chi connectivity index (χ1) is 11.6. The van der Waals surface area contributed by atoms with E-state index in [1.165, 1.54) is 0 Å². The Labute approximate surface area is 144 Å². The molecule has 1 aliphatic heterocycles. The topological polar surface area (TPSA) is 60.0 Å². The van der Waals surface area contributed by atoms with Gasteiger partial charge in [-0.1, -0.05) is 0 Å². The van der Waals surface area contributed by atoms with Gasteiger partial charge in [-0.25, -0.2) is 0 Å². The van der Waals surface area contributed by atoms with Crippen LogP contribution >= 0.6 is 0 Å². The van der Waals surface area contributed by atoms with Crippen molar-refractivity contribution in [1.29, 1.82) is 0 Å². The lowest BCUT2D eigenvalue weighted by Crippen LogP contribution is -2.39. The van der Waals surface area contributed by atoms with E-state index in [2.05, 4.69) is 5.32 Å². The summed E-state index contributed by atoms with van der Waals surface area (Å²) >= 11 is 0. The van der Waals surface area contributed by atoms with E-state index in [1.807, 2.05) is 24.1 Å². The van der Waals surface area contributed by atoms with Crippen molar-refractivity contribution in [2.24, 2.45) is 5.92 Å².